The molecule has 1 aliphatic heterocycles. The molecule has 32 heavy (non-hydrogen) atoms. The number of ketones is 1. The normalized spacial score (nSPS) is 16.4. The van der Waals surface area contributed by atoms with E-state index in [-0.39, 0.29) is 24.7 Å². The highest BCUT2D eigenvalue weighted by atomic mass is 16.5. The third-order valence-corrected chi connectivity index (χ3v) is 5.30. The van der Waals surface area contributed by atoms with Crippen LogP contribution in [-0.2, 0) is 19.1 Å². The van der Waals surface area contributed by atoms with E-state index in [0.29, 0.717) is 22.7 Å². The van der Waals surface area contributed by atoms with Crippen molar-refractivity contribution >= 4 is 34.9 Å². The Hall–Kier alpha value is -3.68. The molecule has 2 amide bonds. The van der Waals surface area contributed by atoms with Gasteiger partial charge in [-0.1, -0.05) is 6.07 Å². The van der Waals surface area contributed by atoms with Crippen molar-refractivity contribution in [3.05, 3.63) is 53.6 Å². The predicted octanol–water partition coefficient (Wildman–Crippen LogP) is 3.13. The number of carbonyl (C=O) groups excluding carboxylic acids is 4. The molecule has 1 aliphatic rings. The van der Waals surface area contributed by atoms with Gasteiger partial charge in [-0.25, -0.2) is 0 Å². The van der Waals surface area contributed by atoms with Gasteiger partial charge >= 0.3 is 5.97 Å². The second kappa shape index (κ2) is 9.64. The quantitative estimate of drug-likeness (QED) is 0.526. The van der Waals surface area contributed by atoms with E-state index in [1.54, 1.807) is 30.3 Å². The largest absolute Gasteiger partial charge is 0.495 e. The smallest absolute Gasteiger partial charge is 0.312 e. The molecule has 3 rings (SSSR count). The number of hydrogen-bond acceptors (Lipinski definition) is 6. The fourth-order valence-electron chi connectivity index (χ4n) is 3.47. The number of ether oxygens (including phenoxy) is 2. The summed E-state index contributed by atoms with van der Waals surface area (Å²) in [6, 6.07) is 11.9. The van der Waals surface area contributed by atoms with Crippen LogP contribution in [0.1, 0.15) is 36.2 Å². The second-order valence-electron chi connectivity index (χ2n) is 7.78. The van der Waals surface area contributed by atoms with Crippen LogP contribution in [0.3, 0.4) is 0 Å². The molecule has 8 heteroatoms. The number of anilines is 2. The number of rotatable bonds is 7. The molecule has 0 aliphatic carbocycles. The average Bonchev–Trinajstić information content (AvgIpc) is 3.15. The van der Waals surface area contributed by atoms with E-state index in [2.05, 4.69) is 5.32 Å². The lowest BCUT2D eigenvalue weighted by Crippen LogP contribution is -2.33. The molecular formula is C24H26N2O6. The number of nitrogens with one attached hydrogen (secondary N) is 1. The number of hydrogen-bond donors (Lipinski definition) is 1. The van der Waals surface area contributed by atoms with Gasteiger partial charge in [0.2, 0.25) is 5.91 Å². The van der Waals surface area contributed by atoms with Gasteiger partial charge in [0.1, 0.15) is 5.75 Å². The molecule has 1 N–H and O–H groups in total. The first-order valence-electron chi connectivity index (χ1n) is 10.3. The summed E-state index contributed by atoms with van der Waals surface area (Å²) in [6.45, 7) is 4.98. The summed E-state index contributed by atoms with van der Waals surface area (Å²) < 4.78 is 10.7. The Morgan fingerprint density at radius 2 is 1.81 bits per heavy atom. The number of amides is 2. The van der Waals surface area contributed by atoms with E-state index in [4.69, 9.17) is 9.47 Å². The van der Waals surface area contributed by atoms with Crippen LogP contribution in [0, 0.1) is 12.8 Å². The topological polar surface area (TPSA) is 102 Å². The molecular weight excluding hydrogens is 412 g/mol. The molecule has 1 saturated heterocycles. The highest BCUT2D eigenvalue weighted by molar-refractivity contribution is 6.01. The van der Waals surface area contributed by atoms with Crippen LogP contribution < -0.4 is 15.0 Å². The Labute approximate surface area is 186 Å². The fraction of sp³-hybridized carbons (Fsp3) is 0.333. The van der Waals surface area contributed by atoms with Gasteiger partial charge in [-0.15, -0.1) is 0 Å². The van der Waals surface area contributed by atoms with Gasteiger partial charge < -0.3 is 19.7 Å². The first kappa shape index (κ1) is 23.0. The lowest BCUT2D eigenvalue weighted by atomic mass is 10.1. The van der Waals surface area contributed by atoms with Crippen LogP contribution in [0.15, 0.2) is 42.5 Å². The number of methoxy groups -OCH3 is 1. The number of nitrogens with zero attached hydrogens (tertiary/aromatic N) is 1. The van der Waals surface area contributed by atoms with Crippen molar-refractivity contribution in [1.82, 2.24) is 0 Å². The van der Waals surface area contributed by atoms with Crippen molar-refractivity contribution in [2.24, 2.45) is 5.92 Å². The molecule has 8 nitrogen and oxygen atoms in total. The number of carbonyl (C=O) groups is 4. The van der Waals surface area contributed by atoms with E-state index < -0.39 is 23.9 Å². The molecule has 1 heterocycles. The Morgan fingerprint density at radius 1 is 1.12 bits per heavy atom. The first-order chi connectivity index (χ1) is 15.2. The van der Waals surface area contributed by atoms with Crippen LogP contribution in [0.5, 0.6) is 5.75 Å². The minimum absolute atomic E-state index is 0.00320. The predicted molar refractivity (Wildman–Crippen MR) is 119 cm³/mol. The second-order valence-corrected chi connectivity index (χ2v) is 7.78. The van der Waals surface area contributed by atoms with Gasteiger partial charge in [0, 0.05) is 24.2 Å². The summed E-state index contributed by atoms with van der Waals surface area (Å²) >= 11 is 0. The van der Waals surface area contributed by atoms with Crippen LogP contribution in [-0.4, -0.2) is 43.3 Å². The molecule has 2 aromatic carbocycles. The lowest BCUT2D eigenvalue weighted by molar-refractivity contribution is -0.157. The summed E-state index contributed by atoms with van der Waals surface area (Å²) in [4.78, 5) is 50.5. The van der Waals surface area contributed by atoms with E-state index in [1.165, 1.54) is 25.9 Å². The Morgan fingerprint density at radius 3 is 2.44 bits per heavy atom. The molecule has 0 bridgehead atoms. The molecule has 2 aromatic rings. The van der Waals surface area contributed by atoms with Gasteiger partial charge in [0.05, 0.1) is 18.7 Å². The molecule has 0 aromatic heterocycles. The van der Waals surface area contributed by atoms with Crippen LogP contribution in [0.4, 0.5) is 11.4 Å². The third-order valence-electron chi connectivity index (χ3n) is 5.30. The van der Waals surface area contributed by atoms with Crippen molar-refractivity contribution < 1.29 is 28.7 Å². The SMILES string of the molecule is COc1ccc(C)cc1N1C[C@H](C(=O)O[C@@H](C)C(=O)Nc2ccc(C(C)=O)cc2)CC1=O. The number of benzene rings is 2. The number of aryl methyl sites for hydroxylation is 1. The maximum absolute atomic E-state index is 12.6. The maximum atomic E-state index is 12.6. The third kappa shape index (κ3) is 5.14. The number of esters is 1. The highest BCUT2D eigenvalue weighted by Gasteiger charge is 2.38. The van der Waals surface area contributed by atoms with Gasteiger partial charge in [0.25, 0.3) is 5.91 Å². The van der Waals surface area contributed by atoms with Gasteiger partial charge in [-0.05, 0) is 62.7 Å². The van der Waals surface area contributed by atoms with E-state index in [9.17, 15) is 19.2 Å². The minimum atomic E-state index is -1.05. The molecule has 0 spiro atoms. The average molecular weight is 438 g/mol. The zero-order valence-electron chi connectivity index (χ0n) is 18.5. The summed E-state index contributed by atoms with van der Waals surface area (Å²) in [5.74, 6) is -1.54. The molecule has 2 atom stereocenters. The van der Waals surface area contributed by atoms with E-state index >= 15 is 0 Å². The molecule has 168 valence electrons. The monoisotopic (exact) mass is 438 g/mol. The first-order valence-corrected chi connectivity index (χ1v) is 10.3. The van der Waals surface area contributed by atoms with Crippen molar-refractivity contribution in [3.8, 4) is 5.75 Å². The molecule has 0 unspecified atom stereocenters. The summed E-state index contributed by atoms with van der Waals surface area (Å²) in [7, 11) is 1.52. The van der Waals surface area contributed by atoms with Crippen molar-refractivity contribution in [3.63, 3.8) is 0 Å². The van der Waals surface area contributed by atoms with Crippen LogP contribution in [0.25, 0.3) is 0 Å². The van der Waals surface area contributed by atoms with Crippen LogP contribution in [0.2, 0.25) is 0 Å². The summed E-state index contributed by atoms with van der Waals surface area (Å²) in [5, 5.41) is 2.65. The van der Waals surface area contributed by atoms with Crippen molar-refractivity contribution in [1.29, 1.82) is 0 Å². The zero-order chi connectivity index (χ0) is 23.4. The Bertz CT molecular complexity index is 1050. The molecule has 0 radical (unpaired) electrons. The zero-order valence-corrected chi connectivity index (χ0v) is 18.5. The Balaban J connectivity index is 1.61. The maximum Gasteiger partial charge on any atom is 0.312 e. The van der Waals surface area contributed by atoms with E-state index in [0.717, 1.165) is 5.56 Å². The lowest BCUT2D eigenvalue weighted by Gasteiger charge is -2.20. The minimum Gasteiger partial charge on any atom is -0.495 e. The Kier molecular flexibility index (Phi) is 6.92. The molecule has 0 saturated carbocycles. The van der Waals surface area contributed by atoms with Gasteiger partial charge in [-0.2, -0.15) is 0 Å². The highest BCUT2D eigenvalue weighted by Crippen LogP contribution is 2.34. The van der Waals surface area contributed by atoms with Crippen molar-refractivity contribution in [2.75, 3.05) is 23.9 Å². The van der Waals surface area contributed by atoms with Crippen molar-refractivity contribution in [2.45, 2.75) is 33.3 Å². The van der Waals surface area contributed by atoms with E-state index in [1.807, 2.05) is 19.1 Å². The molecule has 1 fully saturated rings. The summed E-state index contributed by atoms with van der Waals surface area (Å²) in [6.07, 6.45) is -1.05. The van der Waals surface area contributed by atoms with Gasteiger partial charge in [-0.3, -0.25) is 19.2 Å². The van der Waals surface area contributed by atoms with Gasteiger partial charge in [0.15, 0.2) is 11.9 Å². The summed E-state index contributed by atoms with van der Waals surface area (Å²) in [5.41, 5.74) is 2.58. The fourth-order valence-corrected chi connectivity index (χ4v) is 3.47. The number of Topliss-reactive ketones (excluding diaryl/α,β-unsaturated/α-hetero) is 1. The standard InChI is InChI=1S/C24H26N2O6/c1-14-5-10-21(31-4)20(11-14)26-13-18(12-22(26)28)24(30)32-16(3)23(29)25-19-8-6-17(7-9-19)15(2)27/h5-11,16,18H,12-13H2,1-4H3,(H,25,29)/t16-,18+/m0/s1. The van der Waals surface area contributed by atoms with Crippen LogP contribution >= 0.6 is 0 Å².